The van der Waals surface area contributed by atoms with Gasteiger partial charge in [-0.15, -0.1) is 11.3 Å². The van der Waals surface area contributed by atoms with Gasteiger partial charge < -0.3 is 25.2 Å². The molecule has 12 nitrogen and oxygen atoms in total. The molecule has 0 radical (unpaired) electrons. The van der Waals surface area contributed by atoms with Crippen LogP contribution in [0.15, 0.2) is 29.6 Å². The summed E-state index contributed by atoms with van der Waals surface area (Å²) in [6.07, 6.45) is 5.59. The van der Waals surface area contributed by atoms with Gasteiger partial charge in [-0.1, -0.05) is 73.4 Å². The molecule has 0 saturated carbocycles. The molecule has 1 unspecified atom stereocenters. The number of rotatable bonds is 22. The standard InChI is InChI=1S/C42H64N4O8S/c1-9-13-38(49)54-25-46(41(51)33(27(5)10-2)23-37(48)35-14-11-12-19-45(35)8)36(26(3)4)21-28(6)40-44-34(24-55-40)39(50)43-31(20-29(7)42(52)53)22-30-15-17-32(47)18-16-30/h15-18,24,26-29,31,33,35-36,47H,9-14,19-23,25H2,1-8H3,(H,43,50)(H,52,53)/t27?,28-,29+,31-,33+,35-,36-/m1/s1. The molecule has 0 spiro atoms. The number of thiazole rings is 1. The van der Waals surface area contributed by atoms with Crippen LogP contribution in [0.2, 0.25) is 0 Å². The maximum atomic E-state index is 14.7. The number of aromatic nitrogens is 1. The molecule has 2 aromatic rings. The molecular weight excluding hydrogens is 721 g/mol. The maximum Gasteiger partial charge on any atom is 0.307 e. The topological polar surface area (TPSA) is 166 Å². The molecule has 3 N–H and O–H groups in total. The van der Waals surface area contributed by atoms with Crippen LogP contribution in [0.1, 0.15) is 133 Å². The minimum Gasteiger partial charge on any atom is -0.508 e. The number of aliphatic carboxylic acids is 1. The normalized spacial score (nSPS) is 18.1. The first-order valence-corrected chi connectivity index (χ1v) is 20.9. The first-order chi connectivity index (χ1) is 26.1. The number of esters is 1. The Kier molecular flexibility index (Phi) is 18.3. The van der Waals surface area contributed by atoms with E-state index in [4.69, 9.17) is 9.72 Å². The zero-order valence-electron chi connectivity index (χ0n) is 34.1. The fourth-order valence-electron chi connectivity index (χ4n) is 7.34. The number of hydrogen-bond donors (Lipinski definition) is 3. The van der Waals surface area contributed by atoms with E-state index in [2.05, 4.69) is 10.2 Å². The minimum atomic E-state index is -0.957. The second kappa shape index (κ2) is 22.0. The molecule has 3 rings (SSSR count). The number of phenols is 1. The summed E-state index contributed by atoms with van der Waals surface area (Å²) in [6, 6.07) is 5.54. The van der Waals surface area contributed by atoms with Crippen LogP contribution in [0.5, 0.6) is 5.75 Å². The number of amides is 2. The Hall–Kier alpha value is -3.84. The third-order valence-electron chi connectivity index (χ3n) is 11.1. The van der Waals surface area contributed by atoms with E-state index in [9.17, 15) is 34.2 Å². The average Bonchev–Trinajstić information content (AvgIpc) is 3.65. The number of phenolic OH excluding ortho intramolecular Hbond substituents is 1. The van der Waals surface area contributed by atoms with Gasteiger partial charge in [0, 0.05) is 42.1 Å². The number of ether oxygens (including phenoxy) is 1. The predicted octanol–water partition coefficient (Wildman–Crippen LogP) is 7.05. The molecule has 1 fully saturated rings. The molecule has 13 heteroatoms. The summed E-state index contributed by atoms with van der Waals surface area (Å²) in [7, 11) is 1.97. The molecule has 0 bridgehead atoms. The van der Waals surface area contributed by atoms with Gasteiger partial charge in [-0.3, -0.25) is 28.9 Å². The number of benzene rings is 1. The van der Waals surface area contributed by atoms with Crippen molar-refractivity contribution in [3.63, 3.8) is 0 Å². The molecule has 0 aliphatic carbocycles. The molecule has 2 amide bonds. The van der Waals surface area contributed by atoms with E-state index in [1.54, 1.807) is 41.5 Å². The first kappa shape index (κ1) is 45.5. The quantitative estimate of drug-likeness (QED) is 0.0832. The predicted molar refractivity (Wildman–Crippen MR) is 214 cm³/mol. The van der Waals surface area contributed by atoms with Crippen LogP contribution in [-0.2, 0) is 30.3 Å². The van der Waals surface area contributed by atoms with Crippen molar-refractivity contribution in [1.29, 1.82) is 0 Å². The molecule has 2 heterocycles. The minimum absolute atomic E-state index is 0.0337. The van der Waals surface area contributed by atoms with Crippen LogP contribution in [0.25, 0.3) is 0 Å². The first-order valence-electron chi connectivity index (χ1n) is 20.0. The Morgan fingerprint density at radius 1 is 1.04 bits per heavy atom. The number of nitrogens with zero attached hydrogens (tertiary/aromatic N) is 3. The van der Waals surface area contributed by atoms with Crippen LogP contribution in [-0.4, -0.2) is 93.0 Å². The van der Waals surface area contributed by atoms with Gasteiger partial charge in [-0.2, -0.15) is 0 Å². The molecule has 1 aliphatic rings. The summed E-state index contributed by atoms with van der Waals surface area (Å²) in [5.74, 6) is -3.29. The Bertz CT molecular complexity index is 1560. The number of nitrogens with one attached hydrogen (secondary N) is 1. The number of carboxylic acid groups (broad SMARTS) is 1. The van der Waals surface area contributed by atoms with Crippen molar-refractivity contribution in [3.05, 3.63) is 45.9 Å². The van der Waals surface area contributed by atoms with Gasteiger partial charge in [0.1, 0.15) is 11.4 Å². The van der Waals surface area contributed by atoms with Crippen LogP contribution in [0.4, 0.5) is 0 Å². The van der Waals surface area contributed by atoms with E-state index in [1.807, 2.05) is 48.6 Å². The van der Waals surface area contributed by atoms with Crippen LogP contribution >= 0.6 is 11.3 Å². The van der Waals surface area contributed by atoms with Crippen molar-refractivity contribution in [1.82, 2.24) is 20.1 Å². The molecule has 1 aromatic heterocycles. The van der Waals surface area contributed by atoms with Crippen LogP contribution in [0, 0.1) is 23.7 Å². The second-order valence-corrected chi connectivity index (χ2v) is 16.8. The number of Topliss-reactive ketones (excluding diaryl/α,β-unsaturated/α-hetero) is 1. The summed E-state index contributed by atoms with van der Waals surface area (Å²) in [6.45, 7) is 14.2. The summed E-state index contributed by atoms with van der Waals surface area (Å²) < 4.78 is 5.71. The fraction of sp³-hybridized carbons (Fsp3) is 0.667. The smallest absolute Gasteiger partial charge is 0.307 e. The van der Waals surface area contributed by atoms with Crippen molar-refractivity contribution in [2.75, 3.05) is 20.3 Å². The average molecular weight is 785 g/mol. The summed E-state index contributed by atoms with van der Waals surface area (Å²) in [5, 5.41) is 24.6. The molecular formula is C42H64N4O8S. The molecule has 1 aliphatic heterocycles. The number of carbonyl (C=O) groups is 5. The summed E-state index contributed by atoms with van der Waals surface area (Å²) >= 11 is 1.34. The van der Waals surface area contributed by atoms with E-state index in [0.29, 0.717) is 30.7 Å². The highest BCUT2D eigenvalue weighted by Crippen LogP contribution is 2.32. The van der Waals surface area contributed by atoms with Gasteiger partial charge >= 0.3 is 11.9 Å². The fourth-order valence-corrected chi connectivity index (χ4v) is 8.21. The Balaban J connectivity index is 1.85. The molecule has 1 aromatic carbocycles. The number of piperidine rings is 1. The lowest BCUT2D eigenvalue weighted by atomic mass is 9.82. The van der Waals surface area contributed by atoms with Gasteiger partial charge in [0.15, 0.2) is 12.5 Å². The lowest BCUT2D eigenvalue weighted by Gasteiger charge is -2.39. The van der Waals surface area contributed by atoms with Crippen molar-refractivity contribution in [2.24, 2.45) is 23.7 Å². The second-order valence-electron chi connectivity index (χ2n) is 15.9. The van der Waals surface area contributed by atoms with E-state index < -0.39 is 29.8 Å². The van der Waals surface area contributed by atoms with E-state index in [0.717, 1.165) is 31.4 Å². The number of carboxylic acids is 1. The van der Waals surface area contributed by atoms with Gasteiger partial charge in [0.25, 0.3) is 5.91 Å². The zero-order valence-corrected chi connectivity index (χ0v) is 34.9. The number of ketones is 1. The van der Waals surface area contributed by atoms with Crippen molar-refractivity contribution in [3.8, 4) is 5.75 Å². The SMILES string of the molecule is CCCC(=O)OCN(C(=O)[C@@H](CC(=O)[C@H]1CCCCN1C)C(C)CC)[C@H](C[C@@H](C)c1nc(C(=O)N[C@@H](Cc2ccc(O)cc2)C[C@H](C)C(=O)O)cs1)C(C)C. The van der Waals surface area contributed by atoms with Crippen LogP contribution < -0.4 is 5.32 Å². The lowest BCUT2D eigenvalue weighted by Crippen LogP contribution is -2.50. The molecule has 306 valence electrons. The van der Waals surface area contributed by atoms with E-state index in [1.165, 1.54) is 11.3 Å². The Labute approximate surface area is 331 Å². The highest BCUT2D eigenvalue weighted by Gasteiger charge is 2.38. The lowest BCUT2D eigenvalue weighted by molar-refractivity contribution is -0.160. The molecule has 55 heavy (non-hydrogen) atoms. The molecule has 7 atom stereocenters. The van der Waals surface area contributed by atoms with Gasteiger partial charge in [-0.25, -0.2) is 4.98 Å². The third-order valence-corrected chi connectivity index (χ3v) is 12.1. The summed E-state index contributed by atoms with van der Waals surface area (Å²) in [4.78, 5) is 74.7. The Morgan fingerprint density at radius 3 is 2.33 bits per heavy atom. The highest BCUT2D eigenvalue weighted by atomic mass is 32.1. The monoisotopic (exact) mass is 784 g/mol. The Morgan fingerprint density at radius 2 is 1.73 bits per heavy atom. The van der Waals surface area contributed by atoms with Gasteiger partial charge in [0.05, 0.1) is 17.0 Å². The van der Waals surface area contributed by atoms with Crippen molar-refractivity contribution in [2.45, 2.75) is 137 Å². The van der Waals surface area contributed by atoms with Crippen LogP contribution in [0.3, 0.4) is 0 Å². The summed E-state index contributed by atoms with van der Waals surface area (Å²) in [5.41, 5.74) is 1.06. The third kappa shape index (κ3) is 13.7. The highest BCUT2D eigenvalue weighted by molar-refractivity contribution is 7.09. The number of hydrogen-bond acceptors (Lipinski definition) is 10. The molecule has 1 saturated heterocycles. The number of aromatic hydroxyl groups is 1. The maximum absolute atomic E-state index is 14.7. The number of likely N-dealkylation sites (N-methyl/N-ethyl adjacent to an activating group) is 1. The van der Waals surface area contributed by atoms with Crippen molar-refractivity contribution >= 4 is 40.9 Å². The number of likely N-dealkylation sites (tertiary alicyclic amines) is 1. The zero-order chi connectivity index (χ0) is 40.8. The van der Waals surface area contributed by atoms with Gasteiger partial charge in [-0.05, 0) is 81.6 Å². The van der Waals surface area contributed by atoms with Gasteiger partial charge in [0.2, 0.25) is 5.91 Å². The number of carbonyl (C=O) groups excluding carboxylic acids is 4. The largest absolute Gasteiger partial charge is 0.508 e. The van der Waals surface area contributed by atoms with E-state index in [-0.39, 0.29) is 84.9 Å². The van der Waals surface area contributed by atoms with Crippen molar-refractivity contribution < 1.29 is 38.9 Å². The van der Waals surface area contributed by atoms with E-state index >= 15 is 0 Å².